The first-order valence-corrected chi connectivity index (χ1v) is 6.80. The molecule has 1 aromatic heterocycles. The lowest BCUT2D eigenvalue weighted by molar-refractivity contribution is 0.0989. The van der Waals surface area contributed by atoms with Crippen LogP contribution in [0.15, 0.2) is 41.0 Å². The minimum absolute atomic E-state index is 0.166. The van der Waals surface area contributed by atoms with Gasteiger partial charge in [0.05, 0.1) is 5.56 Å². The molecule has 2 rings (SSSR count). The maximum Gasteiger partial charge on any atom is 0.262 e. The second-order valence-electron chi connectivity index (χ2n) is 4.11. The van der Waals surface area contributed by atoms with Crippen LogP contribution in [0.25, 0.3) is 0 Å². The number of carbonyl (C=O) groups is 1. The zero-order valence-corrected chi connectivity index (χ0v) is 12.4. The van der Waals surface area contributed by atoms with Crippen LogP contribution in [0.1, 0.15) is 17.3 Å². The number of halogens is 2. The van der Waals surface area contributed by atoms with Crippen LogP contribution in [0.4, 0.5) is 15.9 Å². The van der Waals surface area contributed by atoms with Gasteiger partial charge in [0.1, 0.15) is 11.6 Å². The predicted octanol–water partition coefficient (Wildman–Crippen LogP) is 3.23. The molecule has 0 radical (unpaired) electrons. The number of amides is 1. The van der Waals surface area contributed by atoms with Crippen LogP contribution in [0.2, 0.25) is 0 Å². The molecule has 1 heterocycles. The number of nitrogens with two attached hydrogens (primary N) is 1. The second kappa shape index (κ2) is 6.00. The van der Waals surface area contributed by atoms with E-state index in [0.29, 0.717) is 22.3 Å². The fraction of sp³-hybridized carbons (Fsp3) is 0.143. The molecule has 1 amide bonds. The number of aromatic nitrogens is 1. The highest BCUT2D eigenvalue weighted by atomic mass is 79.9. The van der Waals surface area contributed by atoms with Crippen molar-refractivity contribution in [3.63, 3.8) is 0 Å². The van der Waals surface area contributed by atoms with Gasteiger partial charge in [-0.1, -0.05) is 0 Å². The molecule has 4 nitrogen and oxygen atoms in total. The van der Waals surface area contributed by atoms with E-state index in [1.165, 1.54) is 23.2 Å². The summed E-state index contributed by atoms with van der Waals surface area (Å²) >= 11 is 3.26. The lowest BCUT2D eigenvalue weighted by atomic mass is 10.2. The fourth-order valence-corrected chi connectivity index (χ4v) is 2.16. The number of benzene rings is 1. The largest absolute Gasteiger partial charge is 0.383 e. The lowest BCUT2D eigenvalue weighted by Gasteiger charge is -2.21. The number of rotatable bonds is 3. The summed E-state index contributed by atoms with van der Waals surface area (Å²) in [6.45, 7) is 2.28. The molecular weight excluding hydrogens is 325 g/mol. The molecule has 0 saturated carbocycles. The summed E-state index contributed by atoms with van der Waals surface area (Å²) in [5.41, 5.74) is 6.67. The van der Waals surface area contributed by atoms with E-state index in [1.807, 2.05) is 6.92 Å². The van der Waals surface area contributed by atoms with Crippen molar-refractivity contribution in [2.75, 3.05) is 17.2 Å². The molecular formula is C14H13BrFN3O. The van der Waals surface area contributed by atoms with Crippen LogP contribution >= 0.6 is 15.9 Å². The van der Waals surface area contributed by atoms with Crippen LogP contribution in [-0.4, -0.2) is 17.4 Å². The van der Waals surface area contributed by atoms with Crippen LogP contribution in [0.3, 0.4) is 0 Å². The molecule has 0 unspecified atom stereocenters. The lowest BCUT2D eigenvalue weighted by Crippen LogP contribution is -2.31. The van der Waals surface area contributed by atoms with Crippen molar-refractivity contribution < 1.29 is 9.18 Å². The first-order chi connectivity index (χ1) is 9.52. The topological polar surface area (TPSA) is 59.2 Å². The molecule has 0 aliphatic heterocycles. The number of hydrogen-bond donors (Lipinski definition) is 1. The van der Waals surface area contributed by atoms with Gasteiger partial charge in [0.25, 0.3) is 5.91 Å². The molecule has 0 saturated heterocycles. The Hall–Kier alpha value is -1.95. The Kier molecular flexibility index (Phi) is 4.34. The number of pyridine rings is 1. The zero-order chi connectivity index (χ0) is 14.7. The molecule has 0 aliphatic carbocycles. The van der Waals surface area contributed by atoms with E-state index in [1.54, 1.807) is 18.2 Å². The molecule has 1 aromatic carbocycles. The van der Waals surface area contributed by atoms with Crippen molar-refractivity contribution >= 4 is 33.3 Å². The molecule has 104 valence electrons. The summed E-state index contributed by atoms with van der Waals surface area (Å²) in [5.74, 6) is -0.454. The Balaban J connectivity index is 2.38. The molecule has 20 heavy (non-hydrogen) atoms. The van der Waals surface area contributed by atoms with Crippen molar-refractivity contribution in [1.29, 1.82) is 0 Å². The van der Waals surface area contributed by atoms with Crippen LogP contribution in [-0.2, 0) is 0 Å². The molecule has 0 fully saturated rings. The van der Waals surface area contributed by atoms with Crippen LogP contribution in [0.5, 0.6) is 0 Å². The van der Waals surface area contributed by atoms with E-state index < -0.39 is 0 Å². The fourth-order valence-electron chi connectivity index (χ4n) is 1.83. The third kappa shape index (κ3) is 2.96. The van der Waals surface area contributed by atoms with E-state index >= 15 is 0 Å². The highest BCUT2D eigenvalue weighted by Gasteiger charge is 2.19. The third-order valence-corrected chi connectivity index (χ3v) is 3.25. The van der Waals surface area contributed by atoms with Gasteiger partial charge in [-0.15, -0.1) is 0 Å². The van der Waals surface area contributed by atoms with Gasteiger partial charge >= 0.3 is 0 Å². The molecule has 0 bridgehead atoms. The number of carbonyl (C=O) groups excluding carboxylic acids is 1. The Morgan fingerprint density at radius 1 is 1.40 bits per heavy atom. The highest BCUT2D eigenvalue weighted by molar-refractivity contribution is 9.10. The van der Waals surface area contributed by atoms with E-state index in [2.05, 4.69) is 20.9 Å². The van der Waals surface area contributed by atoms with Gasteiger partial charge in [0.15, 0.2) is 0 Å². The van der Waals surface area contributed by atoms with Crippen molar-refractivity contribution in [3.05, 3.63) is 52.4 Å². The Labute approximate surface area is 124 Å². The van der Waals surface area contributed by atoms with E-state index in [-0.39, 0.29) is 17.5 Å². The summed E-state index contributed by atoms with van der Waals surface area (Å²) < 4.78 is 13.6. The summed E-state index contributed by atoms with van der Waals surface area (Å²) in [5, 5.41) is 0. The first-order valence-electron chi connectivity index (χ1n) is 6.01. The number of anilines is 2. The minimum Gasteiger partial charge on any atom is -0.383 e. The van der Waals surface area contributed by atoms with Gasteiger partial charge in [0, 0.05) is 22.9 Å². The maximum absolute atomic E-state index is 13.0. The molecule has 6 heteroatoms. The number of nitrogens with zero attached hydrogens (tertiary/aromatic N) is 2. The smallest absolute Gasteiger partial charge is 0.262 e. The molecule has 0 spiro atoms. The van der Waals surface area contributed by atoms with Gasteiger partial charge in [-0.2, -0.15) is 0 Å². The second-order valence-corrected chi connectivity index (χ2v) is 5.03. The number of nitrogen functional groups attached to an aromatic ring is 1. The highest BCUT2D eigenvalue weighted by Crippen LogP contribution is 2.22. The normalized spacial score (nSPS) is 10.3. The summed E-state index contributed by atoms with van der Waals surface area (Å²) in [7, 11) is 0. The van der Waals surface area contributed by atoms with Gasteiger partial charge in [0.2, 0.25) is 0 Å². The Bertz CT molecular complexity index is 631. The van der Waals surface area contributed by atoms with Gasteiger partial charge in [-0.3, -0.25) is 4.79 Å². The molecule has 0 aliphatic rings. The average molecular weight is 338 g/mol. The van der Waals surface area contributed by atoms with Crippen LogP contribution < -0.4 is 10.6 Å². The summed E-state index contributed by atoms with van der Waals surface area (Å²) in [6, 6.07) is 7.36. The predicted molar refractivity (Wildman–Crippen MR) is 80.1 cm³/mol. The van der Waals surface area contributed by atoms with Gasteiger partial charge in [-0.05, 0) is 53.2 Å². The minimum atomic E-state index is -0.346. The van der Waals surface area contributed by atoms with Crippen molar-refractivity contribution in [3.8, 4) is 0 Å². The molecule has 0 atom stereocenters. The Morgan fingerprint density at radius 2 is 2.05 bits per heavy atom. The van der Waals surface area contributed by atoms with Crippen LogP contribution in [0, 0.1) is 5.82 Å². The maximum atomic E-state index is 13.0. The van der Waals surface area contributed by atoms with Gasteiger partial charge in [-0.25, -0.2) is 9.37 Å². The monoisotopic (exact) mass is 337 g/mol. The summed E-state index contributed by atoms with van der Waals surface area (Å²) in [4.78, 5) is 18.0. The van der Waals surface area contributed by atoms with Crippen molar-refractivity contribution in [2.45, 2.75) is 6.92 Å². The third-order valence-electron chi connectivity index (χ3n) is 2.82. The van der Waals surface area contributed by atoms with Crippen molar-refractivity contribution in [2.24, 2.45) is 0 Å². The quantitative estimate of drug-likeness (QED) is 0.935. The molecule has 2 aromatic rings. The summed E-state index contributed by atoms with van der Waals surface area (Å²) in [6.07, 6.45) is 1.53. The Morgan fingerprint density at radius 3 is 2.65 bits per heavy atom. The van der Waals surface area contributed by atoms with E-state index in [9.17, 15) is 9.18 Å². The first kappa shape index (κ1) is 14.5. The number of hydrogen-bond acceptors (Lipinski definition) is 3. The molecule has 2 N–H and O–H groups in total. The SMILES string of the molecule is CCN(C(=O)c1cc(Br)cnc1N)c1ccc(F)cc1. The standard InChI is InChI=1S/C14H13BrFN3O/c1-2-19(11-5-3-10(16)4-6-11)14(20)12-7-9(15)8-18-13(12)17/h3-8H,2H2,1H3,(H2,17,18). The van der Waals surface area contributed by atoms with Gasteiger partial charge < -0.3 is 10.6 Å². The van der Waals surface area contributed by atoms with Crippen molar-refractivity contribution in [1.82, 2.24) is 4.98 Å². The van der Waals surface area contributed by atoms with E-state index in [0.717, 1.165) is 0 Å². The zero-order valence-electron chi connectivity index (χ0n) is 10.8. The average Bonchev–Trinajstić information content (AvgIpc) is 2.44. The van der Waals surface area contributed by atoms with E-state index in [4.69, 9.17) is 5.73 Å².